The Morgan fingerprint density at radius 3 is 2.86 bits per heavy atom. The summed E-state index contributed by atoms with van der Waals surface area (Å²) in [4.78, 5) is 37.0. The van der Waals surface area contributed by atoms with Crippen molar-refractivity contribution >= 4 is 17.5 Å². The van der Waals surface area contributed by atoms with E-state index < -0.39 is 17.0 Å². The van der Waals surface area contributed by atoms with Crippen molar-refractivity contribution in [2.45, 2.75) is 0 Å². The molecule has 1 aromatic rings. The van der Waals surface area contributed by atoms with Gasteiger partial charge in [-0.05, 0) is 11.8 Å². The first-order valence-electron chi connectivity index (χ1n) is 3.51. The van der Waals surface area contributed by atoms with Crippen LogP contribution in [0.1, 0.15) is 10.4 Å². The predicted octanol–water partition coefficient (Wildman–Crippen LogP) is -0.540. The zero-order chi connectivity index (χ0) is 10.6. The van der Waals surface area contributed by atoms with Gasteiger partial charge in [0.1, 0.15) is 5.40 Å². The average molecular weight is 211 g/mol. The van der Waals surface area contributed by atoms with E-state index >= 15 is 0 Å². The number of thiocyanates is 1. The molecule has 1 heterocycles. The Balaban J connectivity index is 2.98. The zero-order valence-electron chi connectivity index (χ0n) is 6.86. The number of aromatic nitrogens is 2. The van der Waals surface area contributed by atoms with Crippen LogP contribution in [-0.2, 0) is 0 Å². The monoisotopic (exact) mass is 211 g/mol. The molecule has 2 N–H and O–H groups in total. The van der Waals surface area contributed by atoms with Crippen LogP contribution in [0.3, 0.4) is 0 Å². The third-order valence-electron chi connectivity index (χ3n) is 1.39. The van der Waals surface area contributed by atoms with Gasteiger partial charge in [-0.1, -0.05) is 0 Å². The van der Waals surface area contributed by atoms with Crippen LogP contribution in [0.15, 0.2) is 15.8 Å². The van der Waals surface area contributed by atoms with Gasteiger partial charge in [-0.15, -0.1) is 0 Å². The Kier molecular flexibility index (Phi) is 3.25. The van der Waals surface area contributed by atoms with Crippen LogP contribution in [0.4, 0.5) is 0 Å². The Labute approximate surface area is 82.0 Å². The van der Waals surface area contributed by atoms with Crippen molar-refractivity contribution < 1.29 is 4.79 Å². The summed E-state index contributed by atoms with van der Waals surface area (Å²) in [6.07, 6.45) is 1.04. The summed E-state index contributed by atoms with van der Waals surface area (Å²) < 4.78 is 0. The molecule has 0 saturated carbocycles. The third kappa shape index (κ3) is 2.34. The second-order valence-corrected chi connectivity index (χ2v) is 3.05. The maximum absolute atomic E-state index is 11.2. The minimum atomic E-state index is -0.739. The lowest BCUT2D eigenvalue weighted by atomic mass is 10.2. The number of ketones is 1. The summed E-state index contributed by atoms with van der Waals surface area (Å²) in [6.45, 7) is 0. The number of carbonyl (C=O) groups is 1. The molecule has 0 spiro atoms. The molecule has 0 bridgehead atoms. The van der Waals surface area contributed by atoms with Crippen molar-refractivity contribution in [3.05, 3.63) is 32.6 Å². The van der Waals surface area contributed by atoms with Gasteiger partial charge in [-0.25, -0.2) is 4.79 Å². The van der Waals surface area contributed by atoms with Gasteiger partial charge in [0.15, 0.2) is 5.78 Å². The van der Waals surface area contributed by atoms with E-state index in [1.165, 1.54) is 0 Å². The molecule has 0 unspecified atom stereocenters. The van der Waals surface area contributed by atoms with Gasteiger partial charge in [-0.2, -0.15) is 5.26 Å². The van der Waals surface area contributed by atoms with Crippen molar-refractivity contribution in [1.82, 2.24) is 9.97 Å². The second-order valence-electron chi connectivity index (χ2n) is 2.29. The molecule has 0 aromatic carbocycles. The lowest BCUT2D eigenvalue weighted by Gasteiger charge is -1.94. The number of hydrogen-bond acceptors (Lipinski definition) is 5. The largest absolute Gasteiger partial charge is 0.325 e. The molecule has 14 heavy (non-hydrogen) atoms. The van der Waals surface area contributed by atoms with Gasteiger partial charge in [0.2, 0.25) is 0 Å². The number of nitrogens with one attached hydrogen (secondary N) is 2. The van der Waals surface area contributed by atoms with Gasteiger partial charge < -0.3 is 4.98 Å². The van der Waals surface area contributed by atoms with Crippen molar-refractivity contribution in [3.8, 4) is 5.40 Å². The fourth-order valence-electron chi connectivity index (χ4n) is 0.792. The first-order chi connectivity index (χ1) is 6.65. The van der Waals surface area contributed by atoms with Crippen molar-refractivity contribution in [3.63, 3.8) is 0 Å². The van der Waals surface area contributed by atoms with E-state index in [-0.39, 0.29) is 11.3 Å². The van der Waals surface area contributed by atoms with Crippen LogP contribution < -0.4 is 11.2 Å². The number of thioether (sulfide) groups is 1. The molecule has 0 aliphatic rings. The highest BCUT2D eigenvalue weighted by atomic mass is 32.2. The second kappa shape index (κ2) is 4.43. The minimum absolute atomic E-state index is 0.106. The van der Waals surface area contributed by atoms with E-state index in [1.54, 1.807) is 5.40 Å². The molecule has 6 nitrogen and oxygen atoms in total. The van der Waals surface area contributed by atoms with E-state index in [2.05, 4.69) is 4.98 Å². The van der Waals surface area contributed by atoms with Gasteiger partial charge >= 0.3 is 5.69 Å². The average Bonchev–Trinajstić information content (AvgIpc) is 2.14. The van der Waals surface area contributed by atoms with Crippen LogP contribution in [0.2, 0.25) is 0 Å². The topological polar surface area (TPSA) is 107 Å². The molecular weight excluding hydrogens is 206 g/mol. The maximum atomic E-state index is 11.2. The number of hydrogen-bond donors (Lipinski definition) is 2. The van der Waals surface area contributed by atoms with Gasteiger partial charge in [0, 0.05) is 6.20 Å². The molecule has 1 rings (SSSR count). The molecule has 7 heteroatoms. The minimum Gasteiger partial charge on any atom is -0.313 e. The molecule has 0 amide bonds. The predicted molar refractivity (Wildman–Crippen MR) is 50.1 cm³/mol. The third-order valence-corrected chi connectivity index (χ3v) is 1.92. The molecule has 0 aliphatic heterocycles. The van der Waals surface area contributed by atoms with E-state index in [9.17, 15) is 14.4 Å². The first-order valence-corrected chi connectivity index (χ1v) is 4.50. The highest BCUT2D eigenvalue weighted by Crippen LogP contribution is 1.99. The standard InChI is InChI=1S/C7H5N3O3S/c8-3-14-2-5(11)4-1-9-7(13)10-6(4)12/h1H,2H2,(H2,9,10,12,13). The summed E-state index contributed by atoms with van der Waals surface area (Å²) >= 11 is 0.735. The first kappa shape index (κ1) is 10.3. The molecule has 0 radical (unpaired) electrons. The summed E-state index contributed by atoms with van der Waals surface area (Å²) in [5.74, 6) is -0.597. The number of nitrogens with zero attached hydrogens (tertiary/aromatic N) is 1. The van der Waals surface area contributed by atoms with Crippen LogP contribution >= 0.6 is 11.8 Å². The molecule has 1 aromatic heterocycles. The van der Waals surface area contributed by atoms with Crippen molar-refractivity contribution in [1.29, 1.82) is 5.26 Å². The number of Topliss-reactive ketones (excluding diaryl/α,β-unsaturated/α-hetero) is 1. The highest BCUT2D eigenvalue weighted by molar-refractivity contribution is 8.04. The van der Waals surface area contributed by atoms with Gasteiger partial charge in [0.25, 0.3) is 5.56 Å². The molecule has 0 aliphatic carbocycles. The molecule has 0 fully saturated rings. The van der Waals surface area contributed by atoms with Crippen molar-refractivity contribution in [2.24, 2.45) is 0 Å². The van der Waals surface area contributed by atoms with E-state index in [0.717, 1.165) is 18.0 Å². The molecule has 0 atom stereocenters. The zero-order valence-corrected chi connectivity index (χ0v) is 7.68. The van der Waals surface area contributed by atoms with Crippen LogP contribution in [0, 0.1) is 10.7 Å². The number of aromatic amines is 2. The number of nitriles is 1. The normalized spacial score (nSPS) is 9.36. The maximum Gasteiger partial charge on any atom is 0.325 e. The SMILES string of the molecule is N#CSCC(=O)c1c[nH]c(=O)[nH]c1=O. The highest BCUT2D eigenvalue weighted by Gasteiger charge is 2.10. The van der Waals surface area contributed by atoms with E-state index in [1.807, 2.05) is 4.98 Å². The lowest BCUT2D eigenvalue weighted by Crippen LogP contribution is -2.27. The smallest absolute Gasteiger partial charge is 0.313 e. The van der Waals surface area contributed by atoms with E-state index in [0.29, 0.717) is 0 Å². The number of carbonyl (C=O) groups excluding carboxylic acids is 1. The fourth-order valence-corrected chi connectivity index (χ4v) is 1.14. The molecule has 0 saturated heterocycles. The van der Waals surface area contributed by atoms with Crippen LogP contribution in [-0.4, -0.2) is 21.5 Å². The summed E-state index contributed by atoms with van der Waals surface area (Å²) in [7, 11) is 0. The fraction of sp³-hybridized carbons (Fsp3) is 0.143. The summed E-state index contributed by atoms with van der Waals surface area (Å²) in [6, 6.07) is 0. The Bertz CT molecular complexity index is 496. The molecular formula is C7H5N3O3S. The number of rotatable bonds is 3. The lowest BCUT2D eigenvalue weighted by molar-refractivity contribution is 0.102. The summed E-state index contributed by atoms with van der Waals surface area (Å²) in [5.41, 5.74) is -1.55. The molecule has 72 valence electrons. The van der Waals surface area contributed by atoms with Gasteiger partial charge in [0.05, 0.1) is 11.3 Å². The summed E-state index contributed by atoms with van der Waals surface area (Å²) in [5, 5.41) is 9.90. The Hall–Kier alpha value is -1.81. The van der Waals surface area contributed by atoms with Crippen LogP contribution in [0.25, 0.3) is 0 Å². The Morgan fingerprint density at radius 1 is 1.57 bits per heavy atom. The van der Waals surface area contributed by atoms with E-state index in [4.69, 9.17) is 5.26 Å². The quantitative estimate of drug-likeness (QED) is 0.515. The van der Waals surface area contributed by atoms with Crippen LogP contribution in [0.5, 0.6) is 0 Å². The van der Waals surface area contributed by atoms with Crippen molar-refractivity contribution in [2.75, 3.05) is 5.75 Å². The Morgan fingerprint density at radius 2 is 2.29 bits per heavy atom. The van der Waals surface area contributed by atoms with Gasteiger partial charge in [-0.3, -0.25) is 14.6 Å². The number of H-pyrrole nitrogens is 2.